The van der Waals surface area contributed by atoms with Crippen LogP contribution in [0.3, 0.4) is 0 Å². The summed E-state index contributed by atoms with van der Waals surface area (Å²) >= 11 is 0. The first-order chi connectivity index (χ1) is 10.2. The minimum atomic E-state index is -0.360. The van der Waals surface area contributed by atoms with Gasteiger partial charge in [-0.15, -0.1) is 0 Å². The highest BCUT2D eigenvalue weighted by Gasteiger charge is 2.23. The largest absolute Gasteiger partial charge is 0.447 e. The number of amides is 1. The number of carbonyl (C=O) groups is 1. The van der Waals surface area contributed by atoms with E-state index in [9.17, 15) is 4.79 Å². The summed E-state index contributed by atoms with van der Waals surface area (Å²) in [5.41, 5.74) is 0. The molecule has 0 aliphatic carbocycles. The van der Waals surface area contributed by atoms with Gasteiger partial charge in [-0.05, 0) is 33.2 Å². The second-order valence-corrected chi connectivity index (χ2v) is 5.72. The summed E-state index contributed by atoms with van der Waals surface area (Å²) in [4.78, 5) is 20.0. The smallest absolute Gasteiger partial charge is 0.407 e. The van der Waals surface area contributed by atoms with Gasteiger partial charge in [-0.1, -0.05) is 0 Å². The van der Waals surface area contributed by atoms with Crippen molar-refractivity contribution >= 4 is 15.9 Å². The SMILES string of the molecule is CCOOCC.CCO[SiH2]CCCNC(=O)OCC1CO1. The molecule has 0 aromatic carbocycles. The molecule has 0 saturated carbocycles. The van der Waals surface area contributed by atoms with Crippen LogP contribution in [-0.4, -0.2) is 61.5 Å². The van der Waals surface area contributed by atoms with Crippen LogP contribution in [-0.2, 0) is 23.7 Å². The zero-order chi connectivity index (χ0) is 15.8. The summed E-state index contributed by atoms with van der Waals surface area (Å²) < 4.78 is 15.1. The molecule has 0 radical (unpaired) electrons. The van der Waals surface area contributed by atoms with E-state index in [1.54, 1.807) is 0 Å². The van der Waals surface area contributed by atoms with Gasteiger partial charge in [0.1, 0.15) is 12.7 Å². The van der Waals surface area contributed by atoms with Crippen LogP contribution in [0.4, 0.5) is 4.79 Å². The minimum Gasteiger partial charge on any atom is -0.447 e. The number of rotatable bonds is 11. The Kier molecular flexibility index (Phi) is 15.2. The molecule has 8 heteroatoms. The molecular formula is C13H29NO6Si. The maximum absolute atomic E-state index is 11.1. The molecule has 0 aromatic heterocycles. The van der Waals surface area contributed by atoms with Gasteiger partial charge in [-0.3, -0.25) is 0 Å². The maximum atomic E-state index is 11.1. The van der Waals surface area contributed by atoms with E-state index in [4.69, 9.17) is 13.9 Å². The van der Waals surface area contributed by atoms with E-state index >= 15 is 0 Å². The predicted octanol–water partition coefficient (Wildman–Crippen LogP) is 1.01. The number of alkyl carbamates (subject to hydrolysis) is 1. The Morgan fingerprint density at radius 2 is 1.90 bits per heavy atom. The fraction of sp³-hybridized carbons (Fsp3) is 0.923. The van der Waals surface area contributed by atoms with Crippen molar-refractivity contribution in [2.75, 3.05) is 39.6 Å². The lowest BCUT2D eigenvalue weighted by Crippen LogP contribution is -2.26. The highest BCUT2D eigenvalue weighted by molar-refractivity contribution is 6.26. The van der Waals surface area contributed by atoms with Crippen molar-refractivity contribution in [2.24, 2.45) is 0 Å². The van der Waals surface area contributed by atoms with Crippen LogP contribution in [0.2, 0.25) is 6.04 Å². The average molecular weight is 323 g/mol. The summed E-state index contributed by atoms with van der Waals surface area (Å²) in [6, 6.07) is 1.10. The van der Waals surface area contributed by atoms with E-state index in [0.29, 0.717) is 33.0 Å². The molecular weight excluding hydrogens is 294 g/mol. The first kappa shape index (κ1) is 20.3. The maximum Gasteiger partial charge on any atom is 0.407 e. The molecule has 1 unspecified atom stereocenters. The Hall–Kier alpha value is -0.673. The van der Waals surface area contributed by atoms with E-state index in [1.165, 1.54) is 0 Å². The zero-order valence-corrected chi connectivity index (χ0v) is 14.8. The second kappa shape index (κ2) is 15.7. The Morgan fingerprint density at radius 3 is 2.43 bits per heavy atom. The standard InChI is InChI=1S/C9H19NO4Si.C4H10O2/c1-2-14-15-5-3-4-10-9(11)13-7-8-6-12-8;1-3-5-6-4-2/h8H,2-7,15H2,1H3,(H,10,11);3-4H2,1-2H3. The summed E-state index contributed by atoms with van der Waals surface area (Å²) in [5, 5.41) is 2.69. The van der Waals surface area contributed by atoms with Crippen LogP contribution in [0.1, 0.15) is 27.2 Å². The topological polar surface area (TPSA) is 78.5 Å². The van der Waals surface area contributed by atoms with Gasteiger partial charge in [-0.25, -0.2) is 14.6 Å². The van der Waals surface area contributed by atoms with Gasteiger partial charge in [0.05, 0.1) is 19.8 Å². The molecule has 0 spiro atoms. The highest BCUT2D eigenvalue weighted by atomic mass is 28.2. The molecule has 1 saturated heterocycles. The van der Waals surface area contributed by atoms with Gasteiger partial charge in [-0.2, -0.15) is 0 Å². The number of epoxide rings is 1. The lowest BCUT2D eigenvalue weighted by atomic mass is 10.5. The van der Waals surface area contributed by atoms with Crippen molar-refractivity contribution < 1.29 is 28.5 Å². The number of ether oxygens (including phenoxy) is 2. The van der Waals surface area contributed by atoms with Crippen LogP contribution in [0, 0.1) is 0 Å². The molecule has 0 bridgehead atoms. The van der Waals surface area contributed by atoms with Crippen LogP contribution in [0.15, 0.2) is 0 Å². The van der Waals surface area contributed by atoms with Gasteiger partial charge in [0.2, 0.25) is 0 Å². The van der Waals surface area contributed by atoms with Crippen molar-refractivity contribution in [1.82, 2.24) is 5.32 Å². The van der Waals surface area contributed by atoms with Crippen molar-refractivity contribution in [3.63, 3.8) is 0 Å². The zero-order valence-electron chi connectivity index (χ0n) is 13.4. The third kappa shape index (κ3) is 17.3. The first-order valence-corrected chi connectivity index (χ1v) is 9.16. The van der Waals surface area contributed by atoms with Crippen molar-refractivity contribution in [3.8, 4) is 0 Å². The summed E-state index contributed by atoms with van der Waals surface area (Å²) in [5.74, 6) is 0. The molecule has 1 heterocycles. The average Bonchev–Trinajstić information content (AvgIpc) is 3.31. The van der Waals surface area contributed by atoms with Gasteiger partial charge < -0.3 is 19.2 Å². The molecule has 126 valence electrons. The molecule has 7 nitrogen and oxygen atoms in total. The fourth-order valence-corrected chi connectivity index (χ4v) is 2.16. The molecule has 1 aliphatic heterocycles. The van der Waals surface area contributed by atoms with Crippen LogP contribution in [0.25, 0.3) is 0 Å². The fourth-order valence-electron chi connectivity index (χ4n) is 1.21. The Bertz CT molecular complexity index is 237. The summed E-state index contributed by atoms with van der Waals surface area (Å²) in [7, 11) is -0.360. The number of hydrogen-bond donors (Lipinski definition) is 1. The van der Waals surface area contributed by atoms with E-state index in [0.717, 1.165) is 19.1 Å². The quantitative estimate of drug-likeness (QED) is 0.201. The van der Waals surface area contributed by atoms with Crippen molar-refractivity contribution in [1.29, 1.82) is 0 Å². The van der Waals surface area contributed by atoms with E-state index in [2.05, 4.69) is 15.1 Å². The summed E-state index contributed by atoms with van der Waals surface area (Å²) in [6.45, 7) is 9.61. The number of carbonyl (C=O) groups excluding carboxylic acids is 1. The van der Waals surface area contributed by atoms with Gasteiger partial charge in [0.25, 0.3) is 0 Å². The van der Waals surface area contributed by atoms with E-state index in [1.807, 2.05) is 20.8 Å². The lowest BCUT2D eigenvalue weighted by Gasteiger charge is -2.05. The van der Waals surface area contributed by atoms with Crippen LogP contribution in [0.5, 0.6) is 0 Å². The van der Waals surface area contributed by atoms with Crippen molar-refractivity contribution in [2.45, 2.75) is 39.3 Å². The molecule has 1 N–H and O–H groups in total. The number of nitrogens with one attached hydrogen (secondary N) is 1. The molecule has 1 atom stereocenters. The minimum absolute atomic E-state index is 0.140. The van der Waals surface area contributed by atoms with Crippen molar-refractivity contribution in [3.05, 3.63) is 0 Å². The molecule has 1 aliphatic rings. The van der Waals surface area contributed by atoms with Gasteiger partial charge in [0, 0.05) is 13.2 Å². The van der Waals surface area contributed by atoms with Crippen LogP contribution < -0.4 is 5.32 Å². The van der Waals surface area contributed by atoms with E-state index < -0.39 is 0 Å². The molecule has 21 heavy (non-hydrogen) atoms. The van der Waals surface area contributed by atoms with Crippen LogP contribution >= 0.6 is 0 Å². The summed E-state index contributed by atoms with van der Waals surface area (Å²) in [6.07, 6.45) is 0.769. The predicted molar refractivity (Wildman–Crippen MR) is 81.9 cm³/mol. The highest BCUT2D eigenvalue weighted by Crippen LogP contribution is 2.08. The number of hydrogen-bond acceptors (Lipinski definition) is 6. The molecule has 0 aromatic rings. The molecule has 1 fully saturated rings. The Morgan fingerprint density at radius 1 is 1.24 bits per heavy atom. The molecule has 1 rings (SSSR count). The molecule has 1 amide bonds. The first-order valence-electron chi connectivity index (χ1n) is 7.58. The lowest BCUT2D eigenvalue weighted by molar-refractivity contribution is -0.287. The monoisotopic (exact) mass is 323 g/mol. The van der Waals surface area contributed by atoms with Gasteiger partial charge >= 0.3 is 6.09 Å². The van der Waals surface area contributed by atoms with Gasteiger partial charge in [0.15, 0.2) is 9.76 Å². The Balaban J connectivity index is 0.000000567. The van der Waals surface area contributed by atoms with E-state index in [-0.39, 0.29) is 22.0 Å². The normalized spacial score (nSPS) is 16.4. The second-order valence-electron chi connectivity index (χ2n) is 4.20. The third-order valence-corrected chi connectivity index (χ3v) is 3.80. The Labute approximate surface area is 129 Å². The third-order valence-electron chi connectivity index (χ3n) is 2.31.